The van der Waals surface area contributed by atoms with Gasteiger partial charge in [0.2, 0.25) is 0 Å². The van der Waals surface area contributed by atoms with Gasteiger partial charge in [0.25, 0.3) is 0 Å². The van der Waals surface area contributed by atoms with Crippen LogP contribution >= 0.6 is 11.3 Å². The molecule has 0 spiro atoms. The summed E-state index contributed by atoms with van der Waals surface area (Å²) in [5.74, 6) is 3.56. The SMILES string of the molecule is C=C/C=C(\C=C)c1nc(-c2ccccc2)nc(-c2cc(-c3ccccc3)cc(-n3c4ccccc4c4cnc5c6ccccc6sc5c43)c2)n1.C[Se]. The van der Waals surface area contributed by atoms with E-state index in [0.29, 0.717) is 17.5 Å². The van der Waals surface area contributed by atoms with E-state index < -0.39 is 0 Å². The number of benzene rings is 5. The average Bonchev–Trinajstić information content (AvgIpc) is 3.77. The van der Waals surface area contributed by atoms with Gasteiger partial charge in [0, 0.05) is 49.4 Å². The molecule has 0 unspecified atom stereocenters. The minimum atomic E-state index is 0.533. The third kappa shape index (κ3) is 5.85. The third-order valence-electron chi connectivity index (χ3n) is 9.01. The van der Waals surface area contributed by atoms with Gasteiger partial charge in [-0.2, -0.15) is 0 Å². The van der Waals surface area contributed by atoms with Crippen molar-refractivity contribution in [3.63, 3.8) is 0 Å². The quantitative estimate of drug-likeness (QED) is 0.120. The molecule has 9 rings (SSSR count). The molecule has 5 nitrogen and oxygen atoms in total. The molecule has 4 aromatic heterocycles. The number of aromatic nitrogens is 5. The number of nitrogens with zero attached hydrogens (tertiary/aromatic N) is 5. The summed E-state index contributed by atoms with van der Waals surface area (Å²) in [4.78, 5) is 20.0. The van der Waals surface area contributed by atoms with E-state index in [-0.39, 0.29) is 0 Å². The number of rotatable bonds is 7. The van der Waals surface area contributed by atoms with Crippen LogP contribution in [0.15, 0.2) is 165 Å². The number of allylic oxidation sites excluding steroid dienone is 4. The van der Waals surface area contributed by atoms with Crippen molar-refractivity contribution in [3.05, 3.63) is 171 Å². The van der Waals surface area contributed by atoms with Crippen molar-refractivity contribution in [2.24, 2.45) is 0 Å². The van der Waals surface area contributed by atoms with Gasteiger partial charge >= 0.3 is 21.8 Å². The van der Waals surface area contributed by atoms with Gasteiger partial charge in [-0.25, -0.2) is 15.0 Å². The summed E-state index contributed by atoms with van der Waals surface area (Å²) >= 11 is 4.41. The van der Waals surface area contributed by atoms with E-state index in [4.69, 9.17) is 19.9 Å². The van der Waals surface area contributed by atoms with Crippen LogP contribution in [-0.4, -0.2) is 40.5 Å². The van der Waals surface area contributed by atoms with Gasteiger partial charge in [-0.3, -0.25) is 4.98 Å². The molecule has 0 aliphatic carbocycles. The predicted octanol–water partition coefficient (Wildman–Crippen LogP) is 11.7. The van der Waals surface area contributed by atoms with Crippen molar-refractivity contribution in [2.75, 3.05) is 0 Å². The number of thiophene rings is 1. The van der Waals surface area contributed by atoms with Crippen LogP contribution in [0, 0.1) is 0 Å². The van der Waals surface area contributed by atoms with Gasteiger partial charge in [-0.15, -0.1) is 11.3 Å². The molecule has 52 heavy (non-hydrogen) atoms. The molecule has 4 heterocycles. The Balaban J connectivity index is 0.00000190. The van der Waals surface area contributed by atoms with Crippen LogP contribution in [0.25, 0.3) is 87.3 Å². The molecule has 249 valence electrons. The first-order valence-electron chi connectivity index (χ1n) is 16.8. The Kier molecular flexibility index (Phi) is 9.14. The molecule has 0 amide bonds. The van der Waals surface area contributed by atoms with Crippen LogP contribution in [-0.2, 0) is 0 Å². The molecule has 0 atom stereocenters. The molecule has 0 fully saturated rings. The zero-order valence-corrected chi connectivity index (χ0v) is 30.9. The average molecular weight is 754 g/mol. The zero-order chi connectivity index (χ0) is 35.6. The Morgan fingerprint density at radius 1 is 0.654 bits per heavy atom. The molecule has 0 aliphatic heterocycles. The van der Waals surface area contributed by atoms with E-state index in [1.165, 1.54) is 10.1 Å². The summed E-state index contributed by atoms with van der Waals surface area (Å²) in [6, 6.07) is 44.2. The minimum absolute atomic E-state index is 0.533. The molecule has 0 bridgehead atoms. The second-order valence-corrected chi connectivity index (χ2v) is 13.1. The fraction of sp³-hybridized carbons (Fsp3) is 0.0222. The van der Waals surface area contributed by atoms with Crippen LogP contribution in [0.4, 0.5) is 0 Å². The van der Waals surface area contributed by atoms with E-state index in [2.05, 4.69) is 125 Å². The summed E-state index contributed by atoms with van der Waals surface area (Å²) in [6.45, 7) is 7.94. The Hall–Kier alpha value is -5.98. The van der Waals surface area contributed by atoms with Gasteiger partial charge in [0.05, 0.1) is 21.3 Å². The predicted molar refractivity (Wildman–Crippen MR) is 221 cm³/mol. The second-order valence-electron chi connectivity index (χ2n) is 12.0. The molecule has 5 aromatic carbocycles. The molecular formula is C45H32N5SSe. The topological polar surface area (TPSA) is 56.5 Å². The maximum atomic E-state index is 5.08. The maximum absolute atomic E-state index is 5.08. The molecule has 0 saturated heterocycles. The molecule has 7 heteroatoms. The van der Waals surface area contributed by atoms with E-state index in [0.717, 1.165) is 65.5 Å². The molecule has 0 N–H and O–H groups in total. The number of pyridine rings is 1. The van der Waals surface area contributed by atoms with Gasteiger partial charge in [-0.1, -0.05) is 128 Å². The van der Waals surface area contributed by atoms with E-state index >= 15 is 0 Å². The van der Waals surface area contributed by atoms with E-state index in [1.54, 1.807) is 23.5 Å². The van der Waals surface area contributed by atoms with Gasteiger partial charge in [-0.05, 0) is 41.5 Å². The van der Waals surface area contributed by atoms with E-state index in [1.807, 2.05) is 54.5 Å². The first kappa shape index (κ1) is 33.2. The Bertz CT molecular complexity index is 2800. The Labute approximate surface area is 314 Å². The fourth-order valence-electron chi connectivity index (χ4n) is 6.72. The fourth-order valence-corrected chi connectivity index (χ4v) is 7.91. The Morgan fingerprint density at radius 3 is 2.02 bits per heavy atom. The third-order valence-corrected chi connectivity index (χ3v) is 10.2. The molecule has 0 saturated carbocycles. The molecule has 0 aliphatic rings. The summed E-state index contributed by atoms with van der Waals surface area (Å²) < 4.78 is 4.76. The van der Waals surface area contributed by atoms with Crippen molar-refractivity contribution < 1.29 is 0 Å². The van der Waals surface area contributed by atoms with Crippen LogP contribution < -0.4 is 0 Å². The number of para-hydroxylation sites is 1. The van der Waals surface area contributed by atoms with Crippen molar-refractivity contribution in [1.29, 1.82) is 0 Å². The zero-order valence-electron chi connectivity index (χ0n) is 28.4. The normalized spacial score (nSPS) is 11.5. The summed E-state index contributed by atoms with van der Waals surface area (Å²) in [6.07, 6.45) is 7.38. The summed E-state index contributed by atoms with van der Waals surface area (Å²) in [7, 11) is 0. The van der Waals surface area contributed by atoms with Gasteiger partial charge in [0.1, 0.15) is 0 Å². The molecule has 9 aromatic rings. The second kappa shape index (κ2) is 14.3. The van der Waals surface area contributed by atoms with Crippen LogP contribution in [0.5, 0.6) is 0 Å². The monoisotopic (exact) mass is 754 g/mol. The summed E-state index contributed by atoms with van der Waals surface area (Å²) in [5, 5.41) is 3.44. The van der Waals surface area contributed by atoms with Crippen LogP contribution in [0.2, 0.25) is 5.82 Å². The Morgan fingerprint density at radius 2 is 1.29 bits per heavy atom. The van der Waals surface area contributed by atoms with Crippen molar-refractivity contribution >= 4 is 75.0 Å². The van der Waals surface area contributed by atoms with Crippen molar-refractivity contribution in [1.82, 2.24) is 24.5 Å². The number of hydrogen-bond acceptors (Lipinski definition) is 5. The number of hydrogen-bond donors (Lipinski definition) is 0. The first-order valence-corrected chi connectivity index (χ1v) is 19.3. The summed E-state index contributed by atoms with van der Waals surface area (Å²) in [5.41, 5.74) is 8.96. The van der Waals surface area contributed by atoms with Crippen LogP contribution in [0.3, 0.4) is 0 Å². The standard InChI is InChI=1S/C44H29N5S.CH3Se/c1-3-15-28(4-2)42-46-43(30-18-9-6-10-19-30)48-44(47-42)32-24-31(29-16-7-5-8-17-29)25-33(26-32)49-37-22-13-11-20-34(37)36-27-45-39-35-21-12-14-23-38(35)50-41(39)40(36)49;1-2/h3-27H,1-2H2;1H3/b28-15+;. The molecule has 1 radical (unpaired) electrons. The molecular weight excluding hydrogens is 722 g/mol. The van der Waals surface area contributed by atoms with Crippen molar-refractivity contribution in [2.45, 2.75) is 5.82 Å². The van der Waals surface area contributed by atoms with E-state index in [9.17, 15) is 0 Å². The first-order chi connectivity index (χ1) is 25.7. The van der Waals surface area contributed by atoms with Gasteiger partial charge < -0.3 is 4.57 Å². The van der Waals surface area contributed by atoms with Gasteiger partial charge in [0.15, 0.2) is 17.5 Å². The van der Waals surface area contributed by atoms with Crippen LogP contribution in [0.1, 0.15) is 5.82 Å². The van der Waals surface area contributed by atoms with Crippen molar-refractivity contribution in [3.8, 4) is 39.6 Å². The number of fused-ring (bicyclic) bond motifs is 7.